The van der Waals surface area contributed by atoms with Gasteiger partial charge in [-0.1, -0.05) is 48.5 Å². The lowest BCUT2D eigenvalue weighted by Crippen LogP contribution is -2.03. The number of aryl methyl sites for hydroxylation is 4. The third kappa shape index (κ3) is 4.40. The fourth-order valence-electron chi connectivity index (χ4n) is 4.62. The Labute approximate surface area is 208 Å². The summed E-state index contributed by atoms with van der Waals surface area (Å²) in [5, 5.41) is 6.03. The van der Waals surface area contributed by atoms with E-state index in [-0.39, 0.29) is 4.21 Å². The zero-order chi connectivity index (χ0) is 24.9. The molecule has 178 valence electrons. The highest BCUT2D eigenvalue weighted by molar-refractivity contribution is 7.88. The van der Waals surface area contributed by atoms with Crippen molar-refractivity contribution in [3.8, 4) is 22.4 Å². The van der Waals surface area contributed by atoms with Gasteiger partial charge in [-0.05, 0) is 56.5 Å². The van der Waals surface area contributed by atoms with Gasteiger partial charge in [-0.2, -0.15) is 13.5 Å². The molecule has 0 amide bonds. The molecule has 0 aliphatic rings. The van der Waals surface area contributed by atoms with Crippen LogP contribution in [-0.4, -0.2) is 27.7 Å². The van der Waals surface area contributed by atoms with Gasteiger partial charge in [-0.25, -0.2) is 0 Å². The average Bonchev–Trinajstić information content (AvgIpc) is 3.35. The van der Waals surface area contributed by atoms with E-state index in [0.29, 0.717) is 12.1 Å². The van der Waals surface area contributed by atoms with Crippen molar-refractivity contribution in [3.63, 3.8) is 0 Å². The van der Waals surface area contributed by atoms with E-state index >= 15 is 0 Å². The second kappa shape index (κ2) is 8.71. The van der Waals surface area contributed by atoms with E-state index in [4.69, 9.17) is 5.10 Å². The van der Waals surface area contributed by atoms with Gasteiger partial charge in [-0.3, -0.25) is 14.2 Å². The highest BCUT2D eigenvalue weighted by Gasteiger charge is 2.22. The third-order valence-corrected chi connectivity index (χ3v) is 8.47. The maximum Gasteiger partial charge on any atom is 0.304 e. The normalized spacial score (nSPS) is 11.9. The number of hydrogen-bond acceptors (Lipinski definition) is 5. The molecule has 0 saturated heterocycles. The molecule has 3 aromatic heterocycles. The average molecular weight is 504 g/mol. The highest BCUT2D eigenvalue weighted by Crippen LogP contribution is 2.37. The third-order valence-electron chi connectivity index (χ3n) is 6.06. The number of pyridine rings is 1. The minimum Gasteiger partial charge on any atom is -0.281 e. The molecule has 2 aromatic carbocycles. The molecule has 3 heterocycles. The Balaban J connectivity index is 1.59. The highest BCUT2D eigenvalue weighted by atomic mass is 32.3. The van der Waals surface area contributed by atoms with Crippen molar-refractivity contribution in [3.05, 3.63) is 88.1 Å². The first-order valence-corrected chi connectivity index (χ1v) is 13.5. The van der Waals surface area contributed by atoms with Gasteiger partial charge < -0.3 is 0 Å². The molecular formula is C27H25N3O3S2. The maximum atomic E-state index is 11.9. The largest absolute Gasteiger partial charge is 0.304 e. The second-order valence-corrected chi connectivity index (χ2v) is 11.7. The molecule has 0 aliphatic carbocycles. The van der Waals surface area contributed by atoms with Gasteiger partial charge in [0.1, 0.15) is 5.69 Å². The molecule has 0 aliphatic heterocycles. The van der Waals surface area contributed by atoms with Crippen LogP contribution in [0, 0.1) is 27.7 Å². The SMILES string of the molecule is Cc1cc2c(c(C)n1)c(-c1ccccc1)nn2Cc1ccc(-c2cc(C)sc2S(=O)(=O)O)c(C)c1. The molecule has 0 saturated carbocycles. The lowest BCUT2D eigenvalue weighted by atomic mass is 10.0. The Bertz CT molecular complexity index is 1680. The van der Waals surface area contributed by atoms with Crippen LogP contribution in [0.3, 0.4) is 0 Å². The van der Waals surface area contributed by atoms with Crippen molar-refractivity contribution in [1.82, 2.24) is 14.8 Å². The van der Waals surface area contributed by atoms with Crippen LogP contribution in [0.5, 0.6) is 0 Å². The van der Waals surface area contributed by atoms with Gasteiger partial charge in [0.15, 0.2) is 4.21 Å². The van der Waals surface area contributed by atoms with Crippen LogP contribution in [0.1, 0.15) is 27.4 Å². The van der Waals surface area contributed by atoms with Crippen LogP contribution < -0.4 is 0 Å². The number of rotatable bonds is 5. The van der Waals surface area contributed by atoms with E-state index in [1.165, 1.54) is 0 Å². The fourth-order valence-corrected chi connectivity index (χ4v) is 6.63. The van der Waals surface area contributed by atoms with Crippen LogP contribution >= 0.6 is 11.3 Å². The molecule has 5 rings (SSSR count). The molecule has 8 heteroatoms. The summed E-state index contributed by atoms with van der Waals surface area (Å²) in [6.07, 6.45) is 0. The minimum atomic E-state index is -4.29. The minimum absolute atomic E-state index is 0.0186. The molecule has 0 spiro atoms. The Hall–Kier alpha value is -3.33. The summed E-state index contributed by atoms with van der Waals surface area (Å²) in [4.78, 5) is 5.50. The first kappa shape index (κ1) is 23.4. The Morgan fingerprint density at radius 1 is 0.943 bits per heavy atom. The molecule has 0 unspecified atom stereocenters. The van der Waals surface area contributed by atoms with E-state index in [1.807, 2.05) is 74.8 Å². The monoisotopic (exact) mass is 503 g/mol. The lowest BCUT2D eigenvalue weighted by Gasteiger charge is -2.10. The maximum absolute atomic E-state index is 11.9. The van der Waals surface area contributed by atoms with Crippen LogP contribution in [0.15, 0.2) is 64.9 Å². The van der Waals surface area contributed by atoms with Crippen molar-refractivity contribution < 1.29 is 13.0 Å². The Morgan fingerprint density at radius 2 is 1.69 bits per heavy atom. The molecule has 1 N–H and O–H groups in total. The predicted molar refractivity (Wildman–Crippen MR) is 141 cm³/mol. The summed E-state index contributed by atoms with van der Waals surface area (Å²) in [5.74, 6) is 0. The lowest BCUT2D eigenvalue weighted by molar-refractivity contribution is 0.486. The number of aromatic nitrogens is 3. The molecule has 0 bridgehead atoms. The van der Waals surface area contributed by atoms with Crippen LogP contribution in [-0.2, 0) is 16.7 Å². The standard InChI is InChI=1S/C27H25N3O3S2/c1-16-12-20(10-11-22(16)23-14-18(3)34-27(23)35(31,32)33)15-30-24-13-17(2)28-19(4)25(24)26(29-30)21-8-6-5-7-9-21/h5-14H,15H2,1-4H3,(H,31,32,33). The molecular weight excluding hydrogens is 478 g/mol. The van der Waals surface area contributed by atoms with E-state index in [0.717, 1.165) is 66.5 Å². The molecule has 0 atom stereocenters. The fraction of sp³-hybridized carbons (Fsp3) is 0.185. The summed E-state index contributed by atoms with van der Waals surface area (Å²) >= 11 is 1.08. The van der Waals surface area contributed by atoms with Crippen LogP contribution in [0.4, 0.5) is 0 Å². The van der Waals surface area contributed by atoms with Gasteiger partial charge in [0.05, 0.1) is 12.1 Å². The van der Waals surface area contributed by atoms with Gasteiger partial charge in [0.2, 0.25) is 0 Å². The molecule has 0 radical (unpaired) electrons. The number of hydrogen-bond donors (Lipinski definition) is 1. The van der Waals surface area contributed by atoms with Crippen molar-refractivity contribution in [2.45, 2.75) is 38.4 Å². The number of nitrogens with zero attached hydrogens (tertiary/aromatic N) is 3. The molecule has 6 nitrogen and oxygen atoms in total. The number of benzene rings is 2. The van der Waals surface area contributed by atoms with Crippen LogP contribution in [0.25, 0.3) is 33.3 Å². The zero-order valence-electron chi connectivity index (χ0n) is 19.9. The van der Waals surface area contributed by atoms with E-state index in [9.17, 15) is 13.0 Å². The van der Waals surface area contributed by atoms with Crippen LogP contribution in [0.2, 0.25) is 0 Å². The van der Waals surface area contributed by atoms with E-state index in [2.05, 4.69) is 23.2 Å². The summed E-state index contributed by atoms with van der Waals surface area (Å²) in [7, 11) is -4.29. The molecule has 5 aromatic rings. The van der Waals surface area contributed by atoms with E-state index in [1.54, 1.807) is 0 Å². The van der Waals surface area contributed by atoms with E-state index < -0.39 is 10.1 Å². The van der Waals surface area contributed by atoms with Crippen molar-refractivity contribution in [2.24, 2.45) is 0 Å². The summed E-state index contributed by atoms with van der Waals surface area (Å²) in [6.45, 7) is 8.34. The second-order valence-electron chi connectivity index (χ2n) is 8.80. The Kier molecular flexibility index (Phi) is 5.83. The summed E-state index contributed by atoms with van der Waals surface area (Å²) < 4.78 is 35.5. The molecule has 35 heavy (non-hydrogen) atoms. The summed E-state index contributed by atoms with van der Waals surface area (Å²) in [6, 6.07) is 19.9. The first-order valence-electron chi connectivity index (χ1n) is 11.2. The number of thiophene rings is 1. The van der Waals surface area contributed by atoms with Gasteiger partial charge in [-0.15, -0.1) is 11.3 Å². The Morgan fingerprint density at radius 3 is 2.37 bits per heavy atom. The van der Waals surface area contributed by atoms with Gasteiger partial charge in [0.25, 0.3) is 0 Å². The zero-order valence-corrected chi connectivity index (χ0v) is 21.5. The van der Waals surface area contributed by atoms with Gasteiger partial charge >= 0.3 is 10.1 Å². The van der Waals surface area contributed by atoms with Gasteiger partial charge in [0, 0.05) is 32.8 Å². The number of fused-ring (bicyclic) bond motifs is 1. The van der Waals surface area contributed by atoms with Crippen molar-refractivity contribution in [2.75, 3.05) is 0 Å². The topological polar surface area (TPSA) is 85.1 Å². The summed E-state index contributed by atoms with van der Waals surface area (Å²) in [5.41, 5.74) is 8.16. The quantitative estimate of drug-likeness (QED) is 0.282. The van der Waals surface area contributed by atoms with Crippen molar-refractivity contribution >= 4 is 32.4 Å². The first-order chi connectivity index (χ1) is 16.6. The molecule has 0 fully saturated rings. The van der Waals surface area contributed by atoms with Crippen molar-refractivity contribution in [1.29, 1.82) is 0 Å². The predicted octanol–water partition coefficient (Wildman–Crippen LogP) is 6.36. The smallest absolute Gasteiger partial charge is 0.281 e.